The molecule has 0 N–H and O–H groups in total. The first kappa shape index (κ1) is 55.8. The fraction of sp³-hybridized carbons (Fsp3) is 0.207. The molecule has 0 fully saturated rings. The van der Waals surface area contributed by atoms with Gasteiger partial charge in [-0.15, -0.1) is 0 Å². The van der Waals surface area contributed by atoms with Crippen molar-refractivity contribution in [2.75, 3.05) is 26.4 Å². The van der Waals surface area contributed by atoms with Crippen molar-refractivity contribution in [1.82, 2.24) is 9.97 Å². The van der Waals surface area contributed by atoms with Gasteiger partial charge in [0.15, 0.2) is 11.2 Å². The summed E-state index contributed by atoms with van der Waals surface area (Å²) in [5.41, 5.74) is 3.48. The number of nitro benzene ring substituents is 2. The van der Waals surface area contributed by atoms with Gasteiger partial charge < -0.3 is 37.3 Å². The number of aromatic nitrogens is 2. The number of oxazole rings is 2. The predicted octanol–water partition coefficient (Wildman–Crippen LogP) is 12.6. The van der Waals surface area contributed by atoms with E-state index in [9.17, 15) is 39.4 Å². The highest BCUT2D eigenvalue weighted by Gasteiger charge is 2.17. The van der Waals surface area contributed by atoms with Crippen molar-refractivity contribution < 1.29 is 66.3 Å². The molecule has 8 rings (SSSR count). The van der Waals surface area contributed by atoms with Crippen LogP contribution >= 0.6 is 0 Å². The number of carbonyl (C=O) groups excluding carboxylic acids is 4. The van der Waals surface area contributed by atoms with Crippen LogP contribution in [-0.2, 0) is 19.1 Å². The minimum Gasteiger partial charge on any atom is -0.494 e. The molecule has 8 aromatic rings. The highest BCUT2D eigenvalue weighted by molar-refractivity contribution is 5.92. The molecule has 0 radical (unpaired) electrons. The average molecular weight is 1060 g/mol. The Morgan fingerprint density at radius 3 is 1.15 bits per heavy atom. The molecule has 0 aliphatic heterocycles. The quantitative estimate of drug-likeness (QED) is 0.0122. The van der Waals surface area contributed by atoms with Crippen molar-refractivity contribution in [3.05, 3.63) is 190 Å². The molecule has 2 aromatic heterocycles. The highest BCUT2D eigenvalue weighted by atomic mass is 16.6. The normalized spacial score (nSPS) is 10.7. The van der Waals surface area contributed by atoms with E-state index in [-0.39, 0.29) is 11.4 Å². The van der Waals surface area contributed by atoms with Crippen molar-refractivity contribution in [3.63, 3.8) is 0 Å². The third-order valence-electron chi connectivity index (χ3n) is 11.4. The molecule has 78 heavy (non-hydrogen) atoms. The van der Waals surface area contributed by atoms with E-state index in [1.165, 1.54) is 36.4 Å². The number of unbranched alkanes of at least 4 members (excludes halogenated alkanes) is 6. The third-order valence-corrected chi connectivity index (χ3v) is 11.4. The molecule has 0 unspecified atom stereocenters. The lowest BCUT2D eigenvalue weighted by atomic mass is 10.2. The molecule has 0 spiro atoms. The number of hydrogen-bond donors (Lipinski definition) is 0. The number of nitrogens with zero attached hydrogens (tertiary/aromatic N) is 4. The number of hydrogen-bond acceptors (Lipinski definition) is 18. The van der Waals surface area contributed by atoms with Gasteiger partial charge in [0, 0.05) is 35.4 Å². The molecule has 20 nitrogen and oxygen atoms in total. The lowest BCUT2D eigenvalue weighted by molar-refractivity contribution is -0.384. The maximum Gasteiger partial charge on any atom is 0.343 e. The van der Waals surface area contributed by atoms with Gasteiger partial charge in [-0.25, -0.2) is 29.1 Å². The fourth-order valence-corrected chi connectivity index (χ4v) is 7.30. The van der Waals surface area contributed by atoms with E-state index >= 15 is 0 Å². The Labute approximate surface area is 446 Å². The van der Waals surface area contributed by atoms with Crippen LogP contribution in [-0.4, -0.2) is 70.1 Å². The SMILES string of the molecule is C=CC(=O)OCCCCCCOc1ccc(C(=O)Oc2ccc(-c3nc4ccc([N+](=O)[O-])cc4o3)cc2)cc1.C=CC(=O)OCCCCCCOc1ccc(C(=O)Oc2ccc(-c3nc4ccc([N+](=O)[O-])cc4o3)cc2)cc1. The molecule has 20 heteroatoms. The number of benzene rings is 6. The maximum absolute atomic E-state index is 12.5. The molecule has 0 saturated heterocycles. The number of non-ortho nitro benzene ring substituents is 2. The molecule has 0 atom stereocenters. The predicted molar refractivity (Wildman–Crippen MR) is 285 cm³/mol. The highest BCUT2D eigenvalue weighted by Crippen LogP contribution is 2.30. The minimum atomic E-state index is -0.513. The Hall–Kier alpha value is -9.98. The van der Waals surface area contributed by atoms with Crippen LogP contribution in [0.15, 0.2) is 168 Å². The molecule has 400 valence electrons. The summed E-state index contributed by atoms with van der Waals surface area (Å²) in [6.45, 7) is 8.56. The van der Waals surface area contributed by atoms with Crippen LogP contribution in [0.1, 0.15) is 72.1 Å². The molecule has 6 aromatic carbocycles. The van der Waals surface area contributed by atoms with Crippen molar-refractivity contribution in [3.8, 4) is 45.9 Å². The number of carbonyl (C=O) groups is 4. The summed E-state index contributed by atoms with van der Waals surface area (Å²) in [4.78, 5) is 76.7. The number of rotatable bonds is 26. The summed E-state index contributed by atoms with van der Waals surface area (Å²) in [6, 6.07) is 35.1. The second-order valence-electron chi connectivity index (χ2n) is 17.0. The molecular weight excluding hydrogens is 1010 g/mol. The van der Waals surface area contributed by atoms with E-state index in [0.717, 1.165) is 63.5 Å². The molecule has 0 saturated carbocycles. The van der Waals surface area contributed by atoms with Crippen molar-refractivity contribution >= 4 is 57.5 Å². The summed E-state index contributed by atoms with van der Waals surface area (Å²) in [6.07, 6.45) is 9.37. The van der Waals surface area contributed by atoms with Crippen LogP contribution < -0.4 is 18.9 Å². The smallest absolute Gasteiger partial charge is 0.343 e. The standard InChI is InChI=1S/2C29H26N2O8/c2*1-2-27(32)37-18-6-4-3-5-17-36-23-12-9-21(10-13-23)29(33)38-24-14-7-20(8-15-24)28-30-25-16-11-22(31(34)35)19-26(25)39-28/h2*2,7-16,19H,1,3-6,17-18H2. The summed E-state index contributed by atoms with van der Waals surface area (Å²) >= 11 is 0. The largest absolute Gasteiger partial charge is 0.494 e. The Balaban J connectivity index is 0.000000226. The first-order valence-corrected chi connectivity index (χ1v) is 24.6. The topological polar surface area (TPSA) is 262 Å². The molecule has 0 aliphatic rings. The van der Waals surface area contributed by atoms with E-state index in [4.69, 9.17) is 37.3 Å². The van der Waals surface area contributed by atoms with Crippen LogP contribution in [0.4, 0.5) is 11.4 Å². The molecule has 0 amide bonds. The van der Waals surface area contributed by atoms with Crippen LogP contribution in [0.25, 0.3) is 45.1 Å². The van der Waals surface area contributed by atoms with E-state index in [0.29, 0.717) is 106 Å². The second-order valence-corrected chi connectivity index (χ2v) is 17.0. The van der Waals surface area contributed by atoms with Crippen LogP contribution in [0.5, 0.6) is 23.0 Å². The van der Waals surface area contributed by atoms with Gasteiger partial charge in [0.2, 0.25) is 11.8 Å². The summed E-state index contributed by atoms with van der Waals surface area (Å²) in [5.74, 6) is 0.752. The van der Waals surface area contributed by atoms with E-state index < -0.39 is 33.7 Å². The zero-order chi connectivity index (χ0) is 55.2. The molecule has 2 heterocycles. The third kappa shape index (κ3) is 16.5. The lowest BCUT2D eigenvalue weighted by Crippen LogP contribution is -2.08. The van der Waals surface area contributed by atoms with Crippen molar-refractivity contribution in [1.29, 1.82) is 0 Å². The zero-order valence-electron chi connectivity index (χ0n) is 42.1. The van der Waals surface area contributed by atoms with Crippen LogP contribution in [0, 0.1) is 20.2 Å². The summed E-state index contributed by atoms with van der Waals surface area (Å²) in [5, 5.41) is 21.9. The van der Waals surface area contributed by atoms with Crippen molar-refractivity contribution in [2.45, 2.75) is 51.4 Å². The fourth-order valence-electron chi connectivity index (χ4n) is 7.30. The Morgan fingerprint density at radius 1 is 0.462 bits per heavy atom. The molecule has 0 bridgehead atoms. The number of esters is 4. The van der Waals surface area contributed by atoms with Gasteiger partial charge in [-0.2, -0.15) is 0 Å². The van der Waals surface area contributed by atoms with Crippen molar-refractivity contribution in [2.24, 2.45) is 0 Å². The summed E-state index contributed by atoms with van der Waals surface area (Å²) < 4.78 is 43.5. The van der Waals surface area contributed by atoms with Gasteiger partial charge in [-0.05, 0) is 161 Å². The Bertz CT molecular complexity index is 3140. The van der Waals surface area contributed by atoms with Gasteiger partial charge in [0.25, 0.3) is 11.4 Å². The lowest BCUT2D eigenvalue weighted by Gasteiger charge is -2.08. The van der Waals surface area contributed by atoms with Gasteiger partial charge in [-0.1, -0.05) is 13.2 Å². The number of nitro groups is 2. The molecule has 0 aliphatic carbocycles. The van der Waals surface area contributed by atoms with Gasteiger partial charge in [-0.3, -0.25) is 20.2 Å². The first-order chi connectivity index (χ1) is 37.8. The van der Waals surface area contributed by atoms with Crippen LogP contribution in [0.3, 0.4) is 0 Å². The maximum atomic E-state index is 12.5. The minimum absolute atomic E-state index is 0.0792. The van der Waals surface area contributed by atoms with Gasteiger partial charge in [0.05, 0.1) is 59.5 Å². The Morgan fingerprint density at radius 2 is 0.808 bits per heavy atom. The average Bonchev–Trinajstić information content (AvgIpc) is 4.10. The second kappa shape index (κ2) is 28.1. The van der Waals surface area contributed by atoms with Crippen LogP contribution in [0.2, 0.25) is 0 Å². The van der Waals surface area contributed by atoms with E-state index in [2.05, 4.69) is 23.1 Å². The van der Waals surface area contributed by atoms with E-state index in [1.807, 2.05) is 0 Å². The van der Waals surface area contributed by atoms with Gasteiger partial charge in [0.1, 0.15) is 34.0 Å². The number of fused-ring (bicyclic) bond motifs is 2. The Kier molecular flexibility index (Phi) is 20.1. The summed E-state index contributed by atoms with van der Waals surface area (Å²) in [7, 11) is 0. The monoisotopic (exact) mass is 1060 g/mol. The molecular formula is C58H52N4O16. The zero-order valence-corrected chi connectivity index (χ0v) is 42.1. The first-order valence-electron chi connectivity index (χ1n) is 24.6. The van der Waals surface area contributed by atoms with E-state index in [1.54, 1.807) is 97.1 Å². The number of ether oxygens (including phenoxy) is 6. The van der Waals surface area contributed by atoms with Gasteiger partial charge >= 0.3 is 23.9 Å².